The molecule has 0 radical (unpaired) electrons. The summed E-state index contributed by atoms with van der Waals surface area (Å²) in [4.78, 5) is 38.8. The molecule has 8 nitrogen and oxygen atoms in total. The predicted molar refractivity (Wildman–Crippen MR) is 102 cm³/mol. The van der Waals surface area contributed by atoms with Gasteiger partial charge in [0.2, 0.25) is 0 Å². The lowest BCUT2D eigenvalue weighted by atomic mass is 9.94. The molecular formula is C19H27N3O5. The maximum atomic E-state index is 12.5. The Labute approximate surface area is 159 Å². The second-order valence-corrected chi connectivity index (χ2v) is 6.90. The molecule has 0 aliphatic heterocycles. The van der Waals surface area contributed by atoms with Gasteiger partial charge in [-0.25, -0.2) is 4.79 Å². The number of esters is 1. The number of nitro groups is 1. The van der Waals surface area contributed by atoms with Gasteiger partial charge in [-0.2, -0.15) is 0 Å². The van der Waals surface area contributed by atoms with Crippen LogP contribution in [0.2, 0.25) is 0 Å². The maximum Gasteiger partial charge on any atom is 0.338 e. The number of nitro benzene ring substituents is 1. The molecule has 1 aliphatic rings. The highest BCUT2D eigenvalue weighted by Crippen LogP contribution is 2.28. The lowest BCUT2D eigenvalue weighted by molar-refractivity contribution is -0.384. The smallest absolute Gasteiger partial charge is 0.338 e. The number of hydrogen-bond acceptors (Lipinski definition) is 6. The minimum Gasteiger partial charge on any atom is -0.452 e. The molecule has 0 atom stereocenters. The fourth-order valence-electron chi connectivity index (χ4n) is 3.50. The normalized spacial score (nSPS) is 14.5. The second kappa shape index (κ2) is 9.34. The van der Waals surface area contributed by atoms with Crippen molar-refractivity contribution in [3.63, 3.8) is 0 Å². The van der Waals surface area contributed by atoms with Gasteiger partial charge in [0.25, 0.3) is 11.6 Å². The first kappa shape index (κ1) is 20.7. The van der Waals surface area contributed by atoms with Crippen LogP contribution in [-0.2, 0) is 9.53 Å². The van der Waals surface area contributed by atoms with Crippen LogP contribution >= 0.6 is 0 Å². The molecule has 1 aromatic carbocycles. The zero-order valence-electron chi connectivity index (χ0n) is 16.1. The van der Waals surface area contributed by atoms with Crippen molar-refractivity contribution in [1.82, 2.24) is 4.90 Å². The zero-order chi connectivity index (χ0) is 20.0. The molecule has 0 saturated heterocycles. The monoisotopic (exact) mass is 377 g/mol. The Balaban J connectivity index is 2.03. The minimum atomic E-state index is -0.739. The molecule has 0 heterocycles. The number of ether oxygens (including phenoxy) is 1. The van der Waals surface area contributed by atoms with Gasteiger partial charge >= 0.3 is 5.97 Å². The average molecular weight is 377 g/mol. The first-order valence-electron chi connectivity index (χ1n) is 9.27. The summed E-state index contributed by atoms with van der Waals surface area (Å²) < 4.78 is 5.13. The van der Waals surface area contributed by atoms with Gasteiger partial charge < -0.3 is 14.5 Å². The molecule has 1 aromatic rings. The first-order valence-corrected chi connectivity index (χ1v) is 9.27. The molecule has 148 valence electrons. The van der Waals surface area contributed by atoms with Gasteiger partial charge in [0, 0.05) is 32.7 Å². The minimum absolute atomic E-state index is 0.0563. The fraction of sp³-hybridized carbons (Fsp3) is 0.579. The molecular weight excluding hydrogens is 350 g/mol. The molecule has 1 amide bonds. The highest BCUT2D eigenvalue weighted by atomic mass is 16.6. The lowest BCUT2D eigenvalue weighted by Gasteiger charge is -2.33. The lowest BCUT2D eigenvalue weighted by Crippen LogP contribution is -2.43. The Morgan fingerprint density at radius 1 is 1.22 bits per heavy atom. The standard InChI is InChI=1S/C19H27N3O5/c1-4-21(15-8-6-5-7-9-15)18(23)13-27-19(24)14-10-11-16(20(2)3)17(12-14)22(25)26/h10-12,15H,4-9,13H2,1-3H3. The van der Waals surface area contributed by atoms with Crippen molar-refractivity contribution in [2.45, 2.75) is 45.1 Å². The van der Waals surface area contributed by atoms with Crippen molar-refractivity contribution in [3.8, 4) is 0 Å². The molecule has 1 fully saturated rings. The number of carbonyl (C=O) groups excluding carboxylic acids is 2. The first-order chi connectivity index (χ1) is 12.8. The van der Waals surface area contributed by atoms with E-state index in [0.717, 1.165) is 25.7 Å². The highest BCUT2D eigenvalue weighted by Gasteiger charge is 2.25. The Morgan fingerprint density at radius 2 is 1.89 bits per heavy atom. The van der Waals surface area contributed by atoms with E-state index in [0.29, 0.717) is 12.2 Å². The van der Waals surface area contributed by atoms with E-state index >= 15 is 0 Å². The third-order valence-corrected chi connectivity index (χ3v) is 4.89. The highest BCUT2D eigenvalue weighted by molar-refractivity contribution is 5.93. The van der Waals surface area contributed by atoms with Crippen molar-refractivity contribution in [2.24, 2.45) is 0 Å². The van der Waals surface area contributed by atoms with E-state index in [1.165, 1.54) is 24.6 Å². The maximum absolute atomic E-state index is 12.5. The summed E-state index contributed by atoms with van der Waals surface area (Å²) in [7, 11) is 3.37. The number of likely N-dealkylation sites (N-methyl/N-ethyl adjacent to an activating group) is 1. The summed E-state index contributed by atoms with van der Waals surface area (Å²) in [6.07, 6.45) is 5.36. The van der Waals surface area contributed by atoms with Crippen LogP contribution in [0, 0.1) is 10.1 Å². The molecule has 0 spiro atoms. The van der Waals surface area contributed by atoms with E-state index in [-0.39, 0.29) is 29.8 Å². The van der Waals surface area contributed by atoms with Crippen LogP contribution in [0.25, 0.3) is 0 Å². The molecule has 0 bridgehead atoms. The second-order valence-electron chi connectivity index (χ2n) is 6.90. The topological polar surface area (TPSA) is 93.0 Å². The number of hydrogen-bond donors (Lipinski definition) is 0. The molecule has 1 saturated carbocycles. The number of carbonyl (C=O) groups is 2. The summed E-state index contributed by atoms with van der Waals surface area (Å²) in [6.45, 7) is 2.13. The van der Waals surface area contributed by atoms with Crippen LogP contribution in [-0.4, -0.2) is 55.0 Å². The summed E-state index contributed by atoms with van der Waals surface area (Å²) in [6, 6.07) is 4.35. The molecule has 0 aromatic heterocycles. The van der Waals surface area contributed by atoms with Gasteiger partial charge in [-0.3, -0.25) is 14.9 Å². The molecule has 2 rings (SSSR count). The predicted octanol–water partition coefficient (Wildman–Crippen LogP) is 3.00. The Bertz CT molecular complexity index is 699. The van der Waals surface area contributed by atoms with Crippen LogP contribution in [0.4, 0.5) is 11.4 Å². The summed E-state index contributed by atoms with van der Waals surface area (Å²) >= 11 is 0. The SMILES string of the molecule is CCN(C(=O)COC(=O)c1ccc(N(C)C)c([N+](=O)[O-])c1)C1CCCCC1. The van der Waals surface area contributed by atoms with E-state index in [9.17, 15) is 19.7 Å². The average Bonchev–Trinajstić information content (AvgIpc) is 2.66. The van der Waals surface area contributed by atoms with Gasteiger partial charge in [-0.15, -0.1) is 0 Å². The molecule has 27 heavy (non-hydrogen) atoms. The van der Waals surface area contributed by atoms with E-state index < -0.39 is 10.9 Å². The Morgan fingerprint density at radius 3 is 2.44 bits per heavy atom. The third kappa shape index (κ3) is 5.18. The van der Waals surface area contributed by atoms with E-state index in [1.807, 2.05) is 6.92 Å². The van der Waals surface area contributed by atoms with E-state index in [1.54, 1.807) is 23.9 Å². The molecule has 0 N–H and O–H groups in total. The van der Waals surface area contributed by atoms with Gasteiger partial charge in [0.1, 0.15) is 5.69 Å². The third-order valence-electron chi connectivity index (χ3n) is 4.89. The Hall–Kier alpha value is -2.64. The van der Waals surface area contributed by atoms with Crippen LogP contribution in [0.15, 0.2) is 18.2 Å². The number of rotatable bonds is 7. The zero-order valence-corrected chi connectivity index (χ0v) is 16.1. The van der Waals surface area contributed by atoms with E-state index in [2.05, 4.69) is 0 Å². The van der Waals surface area contributed by atoms with Crippen molar-refractivity contribution in [2.75, 3.05) is 32.1 Å². The van der Waals surface area contributed by atoms with Gasteiger partial charge in [-0.1, -0.05) is 19.3 Å². The molecule has 8 heteroatoms. The summed E-state index contributed by atoms with van der Waals surface area (Å²) in [5.41, 5.74) is 0.265. The van der Waals surface area contributed by atoms with Crippen LogP contribution < -0.4 is 4.90 Å². The number of anilines is 1. The number of nitrogens with zero attached hydrogens (tertiary/aromatic N) is 3. The van der Waals surface area contributed by atoms with E-state index in [4.69, 9.17) is 4.74 Å². The van der Waals surface area contributed by atoms with Crippen LogP contribution in [0.3, 0.4) is 0 Å². The molecule has 0 unspecified atom stereocenters. The number of amides is 1. The van der Waals surface area contributed by atoms with Crippen molar-refractivity contribution in [3.05, 3.63) is 33.9 Å². The van der Waals surface area contributed by atoms with Crippen LogP contribution in [0.1, 0.15) is 49.4 Å². The fourth-order valence-corrected chi connectivity index (χ4v) is 3.50. The largest absolute Gasteiger partial charge is 0.452 e. The van der Waals surface area contributed by atoms with Gasteiger partial charge in [-0.05, 0) is 31.9 Å². The Kier molecular flexibility index (Phi) is 7.15. The summed E-state index contributed by atoms with van der Waals surface area (Å²) in [5, 5.41) is 11.2. The van der Waals surface area contributed by atoms with Crippen LogP contribution in [0.5, 0.6) is 0 Å². The quantitative estimate of drug-likeness (QED) is 0.412. The van der Waals surface area contributed by atoms with Crippen molar-refractivity contribution in [1.29, 1.82) is 0 Å². The van der Waals surface area contributed by atoms with Crippen molar-refractivity contribution >= 4 is 23.3 Å². The van der Waals surface area contributed by atoms with Gasteiger partial charge in [0.05, 0.1) is 10.5 Å². The van der Waals surface area contributed by atoms with Gasteiger partial charge in [0.15, 0.2) is 6.61 Å². The number of benzene rings is 1. The summed E-state index contributed by atoms with van der Waals surface area (Å²) in [5.74, 6) is -0.964. The van der Waals surface area contributed by atoms with Crippen molar-refractivity contribution < 1.29 is 19.2 Å². The molecule has 1 aliphatic carbocycles.